The van der Waals surface area contributed by atoms with E-state index in [1.807, 2.05) is 37.2 Å². The summed E-state index contributed by atoms with van der Waals surface area (Å²) >= 11 is 0. The molecule has 43 heavy (non-hydrogen) atoms. The van der Waals surface area contributed by atoms with Gasteiger partial charge in [0, 0.05) is 51.2 Å². The van der Waals surface area contributed by atoms with Crippen molar-refractivity contribution in [3.8, 4) is 0 Å². The number of hydrogen-bond donors (Lipinski definition) is 1. The van der Waals surface area contributed by atoms with Gasteiger partial charge in [0.1, 0.15) is 0 Å². The van der Waals surface area contributed by atoms with Crippen LogP contribution in [0.5, 0.6) is 0 Å². The minimum atomic E-state index is -4.34. The van der Waals surface area contributed by atoms with E-state index in [1.54, 1.807) is 0 Å². The first-order valence-electron chi connectivity index (χ1n) is 14.8. The number of likely N-dealkylation sites (tertiary alicyclic amines) is 1. The number of aryl methyl sites for hydroxylation is 1. The zero-order valence-electron chi connectivity index (χ0n) is 24.4. The lowest BCUT2D eigenvalue weighted by Gasteiger charge is -2.39. The van der Waals surface area contributed by atoms with E-state index in [2.05, 4.69) is 41.9 Å². The molecule has 2 fully saturated rings. The number of benzene rings is 2. The van der Waals surface area contributed by atoms with Crippen molar-refractivity contribution in [1.29, 1.82) is 0 Å². The lowest BCUT2D eigenvalue weighted by atomic mass is 9.89. The van der Waals surface area contributed by atoms with Gasteiger partial charge in [-0.15, -0.1) is 0 Å². The van der Waals surface area contributed by atoms with Crippen molar-refractivity contribution >= 4 is 16.9 Å². The SMILES string of the molecule is Cc1cnc(CN2CCC(c3ccc4nc(C(=O)N5CCN(Cc6ccc(C(F)(F)F)cc6)C[C@@H]5C)[nH]c4c3)CC2)cn1. The van der Waals surface area contributed by atoms with Gasteiger partial charge in [0.05, 0.1) is 28.0 Å². The second kappa shape index (κ2) is 12.0. The van der Waals surface area contributed by atoms with Crippen LogP contribution in [0.25, 0.3) is 11.0 Å². The first-order chi connectivity index (χ1) is 20.6. The number of nitrogens with one attached hydrogen (secondary N) is 1. The fourth-order valence-corrected chi connectivity index (χ4v) is 6.21. The molecule has 0 unspecified atom stereocenters. The number of alkyl halides is 3. The number of hydrogen-bond acceptors (Lipinski definition) is 6. The highest BCUT2D eigenvalue weighted by atomic mass is 19.4. The van der Waals surface area contributed by atoms with Crippen LogP contribution in [0.4, 0.5) is 13.2 Å². The highest BCUT2D eigenvalue weighted by molar-refractivity contribution is 5.94. The molecule has 11 heteroatoms. The summed E-state index contributed by atoms with van der Waals surface area (Å²) in [6, 6.07) is 11.5. The Morgan fingerprint density at radius 2 is 1.72 bits per heavy atom. The minimum Gasteiger partial charge on any atom is -0.334 e. The molecule has 2 aliphatic heterocycles. The van der Waals surface area contributed by atoms with Crippen LogP contribution in [0.2, 0.25) is 0 Å². The summed E-state index contributed by atoms with van der Waals surface area (Å²) in [5.41, 5.74) is 4.99. The van der Waals surface area contributed by atoms with E-state index in [1.165, 1.54) is 17.7 Å². The molecule has 0 aliphatic carbocycles. The van der Waals surface area contributed by atoms with Gasteiger partial charge in [-0.05, 0) is 81.1 Å². The molecule has 2 aromatic carbocycles. The summed E-state index contributed by atoms with van der Waals surface area (Å²) in [5, 5.41) is 0. The predicted octanol–water partition coefficient (Wildman–Crippen LogP) is 5.41. The number of piperazine rings is 1. The number of rotatable bonds is 6. The maximum Gasteiger partial charge on any atom is 0.416 e. The van der Waals surface area contributed by atoms with Crippen LogP contribution in [0.1, 0.15) is 64.4 Å². The third kappa shape index (κ3) is 6.73. The molecule has 2 saturated heterocycles. The van der Waals surface area contributed by atoms with Crippen molar-refractivity contribution in [2.24, 2.45) is 0 Å². The van der Waals surface area contributed by atoms with E-state index < -0.39 is 11.7 Å². The second-order valence-corrected chi connectivity index (χ2v) is 11.8. The number of H-pyrrole nitrogens is 1. The van der Waals surface area contributed by atoms with Crippen LogP contribution >= 0.6 is 0 Å². The van der Waals surface area contributed by atoms with E-state index >= 15 is 0 Å². The summed E-state index contributed by atoms with van der Waals surface area (Å²) in [7, 11) is 0. The fraction of sp³-hybridized carbons (Fsp3) is 0.438. The molecular weight excluding hydrogens is 555 g/mol. The Morgan fingerprint density at radius 1 is 0.953 bits per heavy atom. The van der Waals surface area contributed by atoms with Crippen molar-refractivity contribution in [2.45, 2.75) is 57.9 Å². The van der Waals surface area contributed by atoms with Gasteiger partial charge in [-0.25, -0.2) is 4.98 Å². The fourth-order valence-electron chi connectivity index (χ4n) is 6.21. The molecule has 1 amide bonds. The van der Waals surface area contributed by atoms with Gasteiger partial charge in [0.25, 0.3) is 5.91 Å². The highest BCUT2D eigenvalue weighted by Crippen LogP contribution is 2.31. The molecule has 2 aliphatic rings. The maximum atomic E-state index is 13.5. The number of imidazole rings is 1. The van der Waals surface area contributed by atoms with Gasteiger partial charge in [-0.2, -0.15) is 13.2 Å². The average molecular weight is 592 g/mol. The average Bonchev–Trinajstić information content (AvgIpc) is 3.42. The van der Waals surface area contributed by atoms with Crippen molar-refractivity contribution < 1.29 is 18.0 Å². The Labute approximate surface area is 248 Å². The molecule has 0 radical (unpaired) electrons. The van der Waals surface area contributed by atoms with E-state index in [-0.39, 0.29) is 11.9 Å². The molecule has 4 heterocycles. The quantitative estimate of drug-likeness (QED) is 0.323. The molecule has 0 saturated carbocycles. The number of piperidine rings is 1. The summed E-state index contributed by atoms with van der Waals surface area (Å²) in [6.07, 6.45) is 1.44. The van der Waals surface area contributed by atoms with Crippen LogP contribution in [0.3, 0.4) is 0 Å². The van der Waals surface area contributed by atoms with Crippen molar-refractivity contribution in [3.05, 3.63) is 88.8 Å². The topological polar surface area (TPSA) is 81.3 Å². The standard InChI is InChI=1S/C32H36F3N7O/c1-21-16-37-27(17-36-21)20-40-11-9-24(10-12-40)25-5-8-28-29(15-25)39-30(38-28)31(43)42-14-13-41(18-22(42)2)19-23-3-6-26(7-4-23)32(33,34)35/h3-8,15-17,22,24H,9-14,18-20H2,1-2H3,(H,38,39)/t22-/m0/s1. The Kier molecular flexibility index (Phi) is 8.19. The summed E-state index contributed by atoms with van der Waals surface area (Å²) in [4.78, 5) is 36.6. The molecule has 1 atom stereocenters. The monoisotopic (exact) mass is 591 g/mol. The lowest BCUT2D eigenvalue weighted by Crippen LogP contribution is -2.53. The van der Waals surface area contributed by atoms with Crippen LogP contribution in [-0.4, -0.2) is 79.3 Å². The number of carbonyl (C=O) groups excluding carboxylic acids is 1. The molecular formula is C32H36F3N7O. The van der Waals surface area contributed by atoms with Gasteiger partial charge in [-0.1, -0.05) is 18.2 Å². The van der Waals surface area contributed by atoms with E-state index in [0.717, 1.165) is 72.6 Å². The van der Waals surface area contributed by atoms with Crippen LogP contribution in [0.15, 0.2) is 54.9 Å². The van der Waals surface area contributed by atoms with E-state index in [0.29, 0.717) is 37.9 Å². The van der Waals surface area contributed by atoms with Gasteiger partial charge < -0.3 is 9.88 Å². The van der Waals surface area contributed by atoms with E-state index in [4.69, 9.17) is 0 Å². The molecule has 0 spiro atoms. The number of nitrogens with zero attached hydrogens (tertiary/aromatic N) is 6. The summed E-state index contributed by atoms with van der Waals surface area (Å²) in [6.45, 7) is 9.07. The molecule has 226 valence electrons. The lowest BCUT2D eigenvalue weighted by molar-refractivity contribution is -0.137. The van der Waals surface area contributed by atoms with Gasteiger partial charge in [-0.3, -0.25) is 24.6 Å². The van der Waals surface area contributed by atoms with Crippen LogP contribution < -0.4 is 0 Å². The number of halogens is 3. The van der Waals surface area contributed by atoms with Crippen molar-refractivity contribution in [3.63, 3.8) is 0 Å². The molecule has 1 N–H and O–H groups in total. The Hall–Kier alpha value is -3.83. The van der Waals surface area contributed by atoms with Crippen molar-refractivity contribution in [1.82, 2.24) is 34.6 Å². The number of carbonyl (C=O) groups is 1. The second-order valence-electron chi connectivity index (χ2n) is 11.8. The molecule has 2 aromatic heterocycles. The normalized spacial score (nSPS) is 19.3. The molecule has 6 rings (SSSR count). The van der Waals surface area contributed by atoms with Crippen LogP contribution in [0, 0.1) is 6.92 Å². The first-order valence-corrected chi connectivity index (χ1v) is 14.8. The zero-order valence-corrected chi connectivity index (χ0v) is 24.4. The summed E-state index contributed by atoms with van der Waals surface area (Å²) in [5.74, 6) is 0.654. The largest absolute Gasteiger partial charge is 0.416 e. The smallest absolute Gasteiger partial charge is 0.334 e. The number of aromatic nitrogens is 4. The first kappa shape index (κ1) is 29.3. The Morgan fingerprint density at radius 3 is 2.40 bits per heavy atom. The molecule has 4 aromatic rings. The van der Waals surface area contributed by atoms with Gasteiger partial charge in [0.15, 0.2) is 5.82 Å². The van der Waals surface area contributed by atoms with E-state index in [9.17, 15) is 18.0 Å². The minimum absolute atomic E-state index is 0.0597. The van der Waals surface area contributed by atoms with Crippen LogP contribution in [-0.2, 0) is 19.3 Å². The van der Waals surface area contributed by atoms with Crippen molar-refractivity contribution in [2.75, 3.05) is 32.7 Å². The third-order valence-corrected chi connectivity index (χ3v) is 8.65. The Balaban J connectivity index is 1.04. The zero-order chi connectivity index (χ0) is 30.1. The third-order valence-electron chi connectivity index (χ3n) is 8.65. The number of aromatic amines is 1. The van der Waals surface area contributed by atoms with Gasteiger partial charge >= 0.3 is 6.18 Å². The summed E-state index contributed by atoms with van der Waals surface area (Å²) < 4.78 is 38.7. The van der Waals surface area contributed by atoms with Gasteiger partial charge in [0.2, 0.25) is 0 Å². The maximum absolute atomic E-state index is 13.5. The number of fused-ring (bicyclic) bond motifs is 1. The number of amides is 1. The Bertz CT molecular complexity index is 1560. The predicted molar refractivity (Wildman–Crippen MR) is 157 cm³/mol. The highest BCUT2D eigenvalue weighted by Gasteiger charge is 2.32. The molecule has 8 nitrogen and oxygen atoms in total. The molecule has 0 bridgehead atoms.